The van der Waals surface area contributed by atoms with Crippen molar-refractivity contribution in [2.24, 2.45) is 0 Å². The van der Waals surface area contributed by atoms with E-state index in [4.69, 9.17) is 4.42 Å². The Kier molecular flexibility index (Phi) is 4.90. The molecule has 4 rings (SSSR count). The van der Waals surface area contributed by atoms with Crippen molar-refractivity contribution in [1.29, 1.82) is 0 Å². The fraction of sp³-hybridized carbons (Fsp3) is 0.333. The fourth-order valence-electron chi connectivity index (χ4n) is 3.85. The molecule has 1 aliphatic rings. The van der Waals surface area contributed by atoms with Crippen molar-refractivity contribution in [3.05, 3.63) is 60.4 Å². The van der Waals surface area contributed by atoms with Gasteiger partial charge >= 0.3 is 6.03 Å². The summed E-state index contributed by atoms with van der Waals surface area (Å²) < 4.78 is 19.5. The van der Waals surface area contributed by atoms with Crippen molar-refractivity contribution in [2.75, 3.05) is 24.5 Å². The number of aromatic nitrogens is 1. The van der Waals surface area contributed by atoms with Gasteiger partial charge in [0.1, 0.15) is 5.58 Å². The Balaban J connectivity index is 1.42. The zero-order valence-electron chi connectivity index (χ0n) is 15.9. The summed E-state index contributed by atoms with van der Waals surface area (Å²) >= 11 is 0. The first kappa shape index (κ1) is 18.3. The van der Waals surface area contributed by atoms with E-state index in [1.807, 2.05) is 43.0 Å². The quantitative estimate of drug-likeness (QED) is 0.745. The SMILES string of the molecule is C[C@@H](NC(=O)N1CCN(c2ccncc2F)[C@@H](C)C1)c1cccc2occc12. The molecule has 0 saturated carbocycles. The van der Waals surface area contributed by atoms with Crippen LogP contribution in [-0.4, -0.2) is 41.6 Å². The van der Waals surface area contributed by atoms with E-state index in [0.29, 0.717) is 25.3 Å². The number of amides is 2. The van der Waals surface area contributed by atoms with Crippen LogP contribution >= 0.6 is 0 Å². The summed E-state index contributed by atoms with van der Waals surface area (Å²) in [5, 5.41) is 4.08. The van der Waals surface area contributed by atoms with Crippen LogP contribution in [0.3, 0.4) is 0 Å². The van der Waals surface area contributed by atoms with Crippen LogP contribution in [0.25, 0.3) is 11.0 Å². The lowest BCUT2D eigenvalue weighted by molar-refractivity contribution is 0.183. The summed E-state index contributed by atoms with van der Waals surface area (Å²) in [6.07, 6.45) is 4.46. The highest BCUT2D eigenvalue weighted by molar-refractivity contribution is 5.82. The number of hydrogen-bond donors (Lipinski definition) is 1. The minimum absolute atomic E-state index is 0.00371. The molecule has 0 unspecified atom stereocenters. The van der Waals surface area contributed by atoms with Crippen LogP contribution < -0.4 is 10.2 Å². The number of benzene rings is 1. The number of furan rings is 1. The van der Waals surface area contributed by atoms with Crippen LogP contribution in [0.4, 0.5) is 14.9 Å². The van der Waals surface area contributed by atoms with Crippen LogP contribution in [0.2, 0.25) is 0 Å². The number of piperazine rings is 1. The number of pyridine rings is 1. The second-order valence-electron chi connectivity index (χ2n) is 7.17. The Bertz CT molecular complexity index is 989. The number of fused-ring (bicyclic) bond motifs is 1. The molecule has 1 aromatic carbocycles. The predicted octanol–water partition coefficient (Wildman–Crippen LogP) is 3.95. The van der Waals surface area contributed by atoms with Gasteiger partial charge in [-0.3, -0.25) is 4.98 Å². The van der Waals surface area contributed by atoms with Crippen molar-refractivity contribution < 1.29 is 13.6 Å². The monoisotopic (exact) mass is 382 g/mol. The van der Waals surface area contributed by atoms with E-state index in [1.54, 1.807) is 23.4 Å². The molecule has 0 spiro atoms. The number of hydrogen-bond acceptors (Lipinski definition) is 4. The topological polar surface area (TPSA) is 61.6 Å². The van der Waals surface area contributed by atoms with Gasteiger partial charge in [0.15, 0.2) is 5.82 Å². The number of halogens is 1. The maximum atomic E-state index is 14.1. The Morgan fingerprint density at radius 2 is 2.18 bits per heavy atom. The van der Waals surface area contributed by atoms with Crippen LogP contribution in [0.15, 0.2) is 53.4 Å². The van der Waals surface area contributed by atoms with Gasteiger partial charge in [-0.2, -0.15) is 0 Å². The maximum absolute atomic E-state index is 14.1. The average molecular weight is 382 g/mol. The molecule has 1 N–H and O–H groups in total. The van der Waals surface area contributed by atoms with Crippen LogP contribution in [0.5, 0.6) is 0 Å². The average Bonchev–Trinajstić information content (AvgIpc) is 3.17. The van der Waals surface area contributed by atoms with Gasteiger partial charge in [0.05, 0.1) is 24.2 Å². The fourth-order valence-corrected chi connectivity index (χ4v) is 3.85. The normalized spacial score (nSPS) is 18.3. The summed E-state index contributed by atoms with van der Waals surface area (Å²) in [4.78, 5) is 20.4. The Morgan fingerprint density at radius 3 is 2.96 bits per heavy atom. The van der Waals surface area contributed by atoms with E-state index < -0.39 is 0 Å². The number of urea groups is 1. The van der Waals surface area contributed by atoms with Gasteiger partial charge in [0.25, 0.3) is 0 Å². The van der Waals surface area contributed by atoms with Crippen LogP contribution in [0.1, 0.15) is 25.5 Å². The van der Waals surface area contributed by atoms with Gasteiger partial charge in [0.2, 0.25) is 0 Å². The van der Waals surface area contributed by atoms with Crippen molar-refractivity contribution in [1.82, 2.24) is 15.2 Å². The van der Waals surface area contributed by atoms with Gasteiger partial charge in [-0.15, -0.1) is 0 Å². The highest BCUT2D eigenvalue weighted by Gasteiger charge is 2.29. The molecule has 2 atom stereocenters. The molecular weight excluding hydrogens is 359 g/mol. The number of carbonyl (C=O) groups is 1. The molecule has 2 aromatic heterocycles. The van der Waals surface area contributed by atoms with Crippen molar-refractivity contribution in [3.8, 4) is 0 Å². The highest BCUT2D eigenvalue weighted by Crippen LogP contribution is 2.26. The second kappa shape index (κ2) is 7.50. The Morgan fingerprint density at radius 1 is 1.32 bits per heavy atom. The largest absolute Gasteiger partial charge is 0.464 e. The summed E-state index contributed by atoms with van der Waals surface area (Å²) in [6, 6.07) is 9.15. The molecule has 146 valence electrons. The minimum atomic E-state index is -0.339. The molecule has 3 heterocycles. The van der Waals surface area contributed by atoms with Crippen molar-refractivity contribution in [2.45, 2.75) is 25.9 Å². The maximum Gasteiger partial charge on any atom is 0.318 e. The lowest BCUT2D eigenvalue weighted by atomic mass is 10.0. The zero-order chi connectivity index (χ0) is 19.7. The van der Waals surface area contributed by atoms with Gasteiger partial charge in [-0.25, -0.2) is 9.18 Å². The molecule has 3 aromatic rings. The number of anilines is 1. The van der Waals surface area contributed by atoms with Gasteiger partial charge in [-0.1, -0.05) is 12.1 Å². The van der Waals surface area contributed by atoms with E-state index in [9.17, 15) is 9.18 Å². The first-order valence-corrected chi connectivity index (χ1v) is 9.42. The predicted molar refractivity (Wildman–Crippen MR) is 106 cm³/mol. The molecule has 0 radical (unpaired) electrons. The third-order valence-electron chi connectivity index (χ3n) is 5.31. The number of nitrogens with one attached hydrogen (secondary N) is 1. The van der Waals surface area contributed by atoms with Gasteiger partial charge < -0.3 is 19.5 Å². The molecule has 1 saturated heterocycles. The molecule has 1 aliphatic heterocycles. The van der Waals surface area contributed by atoms with E-state index in [1.165, 1.54) is 6.20 Å². The van der Waals surface area contributed by atoms with Crippen LogP contribution in [0, 0.1) is 5.82 Å². The summed E-state index contributed by atoms with van der Waals surface area (Å²) in [7, 11) is 0. The highest BCUT2D eigenvalue weighted by atomic mass is 19.1. The molecule has 28 heavy (non-hydrogen) atoms. The molecule has 6 nitrogen and oxygen atoms in total. The molecule has 1 fully saturated rings. The third-order valence-corrected chi connectivity index (χ3v) is 5.31. The third kappa shape index (κ3) is 3.40. The smallest absolute Gasteiger partial charge is 0.318 e. The van der Waals surface area contributed by atoms with E-state index in [0.717, 1.165) is 16.5 Å². The summed E-state index contributed by atoms with van der Waals surface area (Å²) in [6.45, 7) is 5.58. The standard InChI is InChI=1S/C21H23FN4O2/c1-14-13-25(9-10-26(14)19-6-8-23-12-18(19)22)21(27)24-15(2)16-4-3-5-20-17(16)7-11-28-20/h3-8,11-12,14-15H,9-10,13H2,1-2H3,(H,24,27)/t14-,15+/m0/s1. The van der Waals surface area contributed by atoms with Crippen LogP contribution in [-0.2, 0) is 0 Å². The van der Waals surface area contributed by atoms with Crippen molar-refractivity contribution >= 4 is 22.7 Å². The first-order chi connectivity index (χ1) is 13.5. The minimum Gasteiger partial charge on any atom is -0.464 e. The number of nitrogens with zero attached hydrogens (tertiary/aromatic N) is 3. The van der Waals surface area contributed by atoms with E-state index in [2.05, 4.69) is 10.3 Å². The van der Waals surface area contributed by atoms with E-state index in [-0.39, 0.29) is 23.9 Å². The molecular formula is C21H23FN4O2. The van der Waals surface area contributed by atoms with Gasteiger partial charge in [0, 0.05) is 37.3 Å². The van der Waals surface area contributed by atoms with Gasteiger partial charge in [-0.05, 0) is 37.6 Å². The Hall–Kier alpha value is -3.09. The molecule has 0 bridgehead atoms. The second-order valence-corrected chi connectivity index (χ2v) is 7.17. The Labute approximate surface area is 162 Å². The molecule has 0 aliphatic carbocycles. The zero-order valence-corrected chi connectivity index (χ0v) is 15.9. The summed E-state index contributed by atoms with van der Waals surface area (Å²) in [5.74, 6) is -0.339. The molecule has 2 amide bonds. The lowest BCUT2D eigenvalue weighted by Gasteiger charge is -2.41. The number of rotatable bonds is 3. The lowest BCUT2D eigenvalue weighted by Crippen LogP contribution is -2.56. The van der Waals surface area contributed by atoms with Crippen molar-refractivity contribution in [3.63, 3.8) is 0 Å². The first-order valence-electron chi connectivity index (χ1n) is 9.42. The van der Waals surface area contributed by atoms with E-state index >= 15 is 0 Å². The summed E-state index contributed by atoms with van der Waals surface area (Å²) in [5.41, 5.74) is 2.35. The number of carbonyl (C=O) groups excluding carboxylic acids is 1. The molecule has 7 heteroatoms.